The molecule has 0 atom stereocenters. The molecule has 0 fully saturated rings. The number of aliphatic carboxylic acids is 2. The summed E-state index contributed by atoms with van der Waals surface area (Å²) in [6, 6.07) is 33.8. The fraction of sp³-hybridized carbons (Fsp3) is 0.118. The number of carboxylic acid groups (broad SMARTS) is 2. The second-order valence-corrected chi connectivity index (χ2v) is 8.69. The van der Waals surface area contributed by atoms with Crippen molar-refractivity contribution < 1.29 is 38.7 Å². The van der Waals surface area contributed by atoms with Crippen molar-refractivity contribution in [3.05, 3.63) is 143 Å². The predicted octanol–water partition coefficient (Wildman–Crippen LogP) is 3.62. The standard InChI is InChI=1S/2C17H16O4.Mg/c2*1-20-16(17(18)19)11-13-7-9-15(10-8-13)21-12-14-5-3-2-4-6-14;/h2*2-11H,12H2,1H3,(H,18,19);/q;;+2/p-2. The number of hydrogen-bond donors (Lipinski definition) is 0. The van der Waals surface area contributed by atoms with Gasteiger partial charge in [-0.25, -0.2) is 0 Å². The average Bonchev–Trinajstić information content (AvgIpc) is 3.02. The molecule has 43 heavy (non-hydrogen) atoms. The van der Waals surface area contributed by atoms with Gasteiger partial charge in [0, 0.05) is 0 Å². The molecule has 0 unspecified atom stereocenters. The first-order valence-corrected chi connectivity index (χ1v) is 12.9. The van der Waals surface area contributed by atoms with Crippen molar-refractivity contribution in [2.45, 2.75) is 13.2 Å². The minimum atomic E-state index is -1.35. The van der Waals surface area contributed by atoms with Gasteiger partial charge in [0.15, 0.2) is 0 Å². The van der Waals surface area contributed by atoms with Crippen molar-refractivity contribution in [3.8, 4) is 11.5 Å². The van der Waals surface area contributed by atoms with Gasteiger partial charge in [-0.05, 0) is 58.7 Å². The number of benzene rings is 4. The summed E-state index contributed by atoms with van der Waals surface area (Å²) in [7, 11) is 2.58. The van der Waals surface area contributed by atoms with Crippen LogP contribution in [0.25, 0.3) is 12.2 Å². The van der Waals surface area contributed by atoms with Gasteiger partial charge >= 0.3 is 23.1 Å². The van der Waals surface area contributed by atoms with Crippen LogP contribution in [0.3, 0.4) is 0 Å². The maximum Gasteiger partial charge on any atom is 2.00 e. The summed E-state index contributed by atoms with van der Waals surface area (Å²) in [4.78, 5) is 21.5. The molecule has 0 aliphatic rings. The van der Waals surface area contributed by atoms with E-state index in [0.29, 0.717) is 35.8 Å². The Kier molecular flexibility index (Phi) is 14.9. The molecule has 0 bridgehead atoms. The quantitative estimate of drug-likeness (QED) is 0.140. The molecule has 0 amide bonds. The van der Waals surface area contributed by atoms with E-state index in [1.54, 1.807) is 48.5 Å². The Morgan fingerprint density at radius 3 is 1.16 bits per heavy atom. The molecule has 8 nitrogen and oxygen atoms in total. The molecule has 0 N–H and O–H groups in total. The number of rotatable bonds is 12. The Morgan fingerprint density at radius 2 is 0.884 bits per heavy atom. The fourth-order valence-corrected chi connectivity index (χ4v) is 3.51. The van der Waals surface area contributed by atoms with Gasteiger partial charge in [0.1, 0.15) is 48.2 Å². The first-order chi connectivity index (χ1) is 20.4. The summed E-state index contributed by atoms with van der Waals surface area (Å²) in [5.41, 5.74) is 3.56. The van der Waals surface area contributed by atoms with Crippen LogP contribution in [0.2, 0.25) is 0 Å². The first-order valence-electron chi connectivity index (χ1n) is 12.9. The van der Waals surface area contributed by atoms with Gasteiger partial charge in [0.2, 0.25) is 0 Å². The molecule has 0 spiro atoms. The second kappa shape index (κ2) is 18.6. The van der Waals surface area contributed by atoms with E-state index >= 15 is 0 Å². The fourth-order valence-electron chi connectivity index (χ4n) is 3.51. The van der Waals surface area contributed by atoms with E-state index in [4.69, 9.17) is 18.9 Å². The number of methoxy groups -OCH3 is 2. The topological polar surface area (TPSA) is 117 Å². The number of carboxylic acids is 2. The molecule has 0 aliphatic heterocycles. The predicted molar refractivity (Wildman–Crippen MR) is 160 cm³/mol. The summed E-state index contributed by atoms with van der Waals surface area (Å²) in [5, 5.41) is 21.5. The zero-order chi connectivity index (χ0) is 30.2. The summed E-state index contributed by atoms with van der Waals surface area (Å²) in [5.74, 6) is -1.70. The van der Waals surface area contributed by atoms with Crippen LogP contribution in [0.1, 0.15) is 22.3 Å². The van der Waals surface area contributed by atoms with Crippen LogP contribution in [0.5, 0.6) is 11.5 Å². The van der Waals surface area contributed by atoms with Crippen molar-refractivity contribution in [1.82, 2.24) is 0 Å². The van der Waals surface area contributed by atoms with Crippen LogP contribution in [-0.2, 0) is 32.3 Å². The van der Waals surface area contributed by atoms with E-state index < -0.39 is 11.9 Å². The van der Waals surface area contributed by atoms with E-state index in [0.717, 1.165) is 11.1 Å². The zero-order valence-electron chi connectivity index (χ0n) is 23.9. The van der Waals surface area contributed by atoms with E-state index in [1.165, 1.54) is 26.4 Å². The minimum absolute atomic E-state index is 0. The molecule has 4 rings (SSSR count). The Bertz CT molecular complexity index is 1350. The third-order valence-corrected chi connectivity index (χ3v) is 5.69. The summed E-state index contributed by atoms with van der Waals surface area (Å²) >= 11 is 0. The monoisotopic (exact) mass is 590 g/mol. The molecule has 0 radical (unpaired) electrons. The summed E-state index contributed by atoms with van der Waals surface area (Å²) in [6.45, 7) is 0.969. The molecule has 0 saturated carbocycles. The van der Waals surface area contributed by atoms with Crippen LogP contribution in [-0.4, -0.2) is 49.2 Å². The van der Waals surface area contributed by atoms with Gasteiger partial charge in [-0.2, -0.15) is 0 Å². The van der Waals surface area contributed by atoms with E-state index in [-0.39, 0.29) is 34.6 Å². The van der Waals surface area contributed by atoms with Crippen LogP contribution < -0.4 is 19.7 Å². The molecule has 4 aromatic carbocycles. The van der Waals surface area contributed by atoms with E-state index in [9.17, 15) is 19.8 Å². The molecule has 0 saturated heterocycles. The number of ether oxygens (including phenoxy) is 4. The average molecular weight is 591 g/mol. The Balaban J connectivity index is 0.000000293. The molecule has 4 aromatic rings. The first kappa shape index (κ1) is 34.5. The smallest absolute Gasteiger partial charge is 0.542 e. The molecule has 216 valence electrons. The molecule has 0 aromatic heterocycles. The second-order valence-electron chi connectivity index (χ2n) is 8.69. The van der Waals surface area contributed by atoms with Crippen molar-refractivity contribution in [2.24, 2.45) is 0 Å². The molecular formula is C34H30MgO8. The normalized spacial score (nSPS) is 10.7. The van der Waals surface area contributed by atoms with Gasteiger partial charge in [-0.3, -0.25) is 0 Å². The number of carbonyl (C=O) groups excluding carboxylic acids is 2. The van der Waals surface area contributed by atoms with Crippen LogP contribution >= 0.6 is 0 Å². The number of carbonyl (C=O) groups is 2. The summed E-state index contributed by atoms with van der Waals surface area (Å²) < 4.78 is 20.7. The third-order valence-electron chi connectivity index (χ3n) is 5.69. The van der Waals surface area contributed by atoms with Crippen LogP contribution in [0.15, 0.2) is 121 Å². The largest absolute Gasteiger partial charge is 2.00 e. The molecule has 0 heterocycles. The SMILES string of the molecule is COC(=Cc1ccc(OCc2ccccc2)cc1)C(=O)[O-].COC(=Cc1ccc(OCc2ccccc2)cc1)C(=O)[O-].[Mg+2]. The van der Waals surface area contributed by atoms with Gasteiger partial charge in [-0.15, -0.1) is 0 Å². The molecular weight excluding hydrogens is 561 g/mol. The van der Waals surface area contributed by atoms with E-state index in [2.05, 4.69) is 0 Å². The van der Waals surface area contributed by atoms with E-state index in [1.807, 2.05) is 60.7 Å². The Labute approximate surface area is 267 Å². The van der Waals surface area contributed by atoms with Gasteiger partial charge in [-0.1, -0.05) is 84.9 Å². The summed E-state index contributed by atoms with van der Waals surface area (Å²) in [6.07, 6.45) is 2.80. The van der Waals surface area contributed by atoms with Crippen molar-refractivity contribution in [1.29, 1.82) is 0 Å². The maximum absolute atomic E-state index is 10.7. The molecule has 9 heteroatoms. The third kappa shape index (κ3) is 12.3. The van der Waals surface area contributed by atoms with Crippen LogP contribution in [0.4, 0.5) is 0 Å². The zero-order valence-corrected chi connectivity index (χ0v) is 25.3. The van der Waals surface area contributed by atoms with Crippen molar-refractivity contribution >= 4 is 47.1 Å². The van der Waals surface area contributed by atoms with Gasteiger partial charge < -0.3 is 38.7 Å². The maximum atomic E-state index is 10.7. The van der Waals surface area contributed by atoms with Crippen molar-refractivity contribution in [2.75, 3.05) is 14.2 Å². The Morgan fingerprint density at radius 1 is 0.558 bits per heavy atom. The Hall–Kier alpha value is -4.73. The van der Waals surface area contributed by atoms with Gasteiger partial charge in [0.25, 0.3) is 0 Å². The van der Waals surface area contributed by atoms with Crippen LogP contribution in [0, 0.1) is 0 Å². The number of hydrogen-bond acceptors (Lipinski definition) is 8. The van der Waals surface area contributed by atoms with Crippen molar-refractivity contribution in [3.63, 3.8) is 0 Å². The minimum Gasteiger partial charge on any atom is -0.542 e. The van der Waals surface area contributed by atoms with Gasteiger partial charge in [0.05, 0.1) is 14.2 Å². The molecule has 0 aliphatic carbocycles.